The fourth-order valence-electron chi connectivity index (χ4n) is 3.29. The van der Waals surface area contributed by atoms with Gasteiger partial charge in [-0.3, -0.25) is 9.59 Å². The second-order valence-corrected chi connectivity index (χ2v) is 7.23. The van der Waals surface area contributed by atoms with Gasteiger partial charge in [-0.25, -0.2) is 9.07 Å². The van der Waals surface area contributed by atoms with E-state index >= 15 is 0 Å². The monoisotopic (exact) mass is 428 g/mol. The first kappa shape index (κ1) is 21.0. The summed E-state index contributed by atoms with van der Waals surface area (Å²) in [6, 6.07) is 22.4. The third-order valence-electron chi connectivity index (χ3n) is 4.84. The van der Waals surface area contributed by atoms with Crippen LogP contribution in [0.25, 0.3) is 16.9 Å². The van der Waals surface area contributed by atoms with E-state index in [4.69, 9.17) is 0 Å². The molecule has 4 rings (SSSR count). The minimum absolute atomic E-state index is 0.175. The highest BCUT2D eigenvalue weighted by Crippen LogP contribution is 2.24. The molecule has 0 fully saturated rings. The lowest BCUT2D eigenvalue weighted by Crippen LogP contribution is -2.22. The highest BCUT2D eigenvalue weighted by molar-refractivity contribution is 5.95. The number of para-hydroxylation sites is 1. The van der Waals surface area contributed by atoms with Crippen molar-refractivity contribution in [1.29, 1.82) is 0 Å². The van der Waals surface area contributed by atoms with Crippen LogP contribution in [0.5, 0.6) is 0 Å². The number of halogens is 1. The molecule has 0 aliphatic heterocycles. The van der Waals surface area contributed by atoms with Gasteiger partial charge in [-0.15, -0.1) is 0 Å². The Morgan fingerprint density at radius 3 is 2.28 bits per heavy atom. The van der Waals surface area contributed by atoms with Gasteiger partial charge in [0.25, 0.3) is 5.91 Å². The molecule has 160 valence electrons. The fourth-order valence-corrected chi connectivity index (χ4v) is 3.29. The van der Waals surface area contributed by atoms with Gasteiger partial charge in [-0.1, -0.05) is 18.2 Å². The molecule has 6 nitrogen and oxygen atoms in total. The molecule has 0 aliphatic rings. The van der Waals surface area contributed by atoms with Crippen LogP contribution in [0.15, 0.2) is 85.1 Å². The molecule has 0 bridgehead atoms. The number of anilines is 1. The molecule has 1 heterocycles. The Hall–Kier alpha value is -4.26. The second kappa shape index (κ2) is 9.26. The van der Waals surface area contributed by atoms with Crippen LogP contribution in [-0.2, 0) is 11.3 Å². The molecular formula is C25H21FN4O2. The van der Waals surface area contributed by atoms with Crippen LogP contribution in [0.3, 0.4) is 0 Å². The maximum Gasteiger partial charge on any atom is 0.251 e. The number of carbonyl (C=O) groups excluding carboxylic acids is 2. The van der Waals surface area contributed by atoms with Gasteiger partial charge in [0, 0.05) is 42.0 Å². The Bertz CT molecular complexity index is 1230. The number of amides is 2. The summed E-state index contributed by atoms with van der Waals surface area (Å²) in [4.78, 5) is 23.8. The number of nitrogens with zero attached hydrogens (tertiary/aromatic N) is 2. The number of benzene rings is 3. The third-order valence-corrected chi connectivity index (χ3v) is 4.84. The lowest BCUT2D eigenvalue weighted by Gasteiger charge is -2.07. The molecule has 0 radical (unpaired) electrons. The second-order valence-electron chi connectivity index (χ2n) is 7.23. The average Bonchev–Trinajstić information content (AvgIpc) is 3.23. The van der Waals surface area contributed by atoms with Gasteiger partial charge in [0.2, 0.25) is 5.91 Å². The zero-order chi connectivity index (χ0) is 22.5. The molecule has 3 aromatic carbocycles. The maximum atomic E-state index is 13.4. The number of rotatable bonds is 6. The lowest BCUT2D eigenvalue weighted by molar-refractivity contribution is -0.114. The summed E-state index contributed by atoms with van der Waals surface area (Å²) < 4.78 is 15.1. The number of hydrogen-bond acceptors (Lipinski definition) is 3. The van der Waals surface area contributed by atoms with E-state index in [9.17, 15) is 14.0 Å². The van der Waals surface area contributed by atoms with Crippen molar-refractivity contribution in [2.45, 2.75) is 13.5 Å². The smallest absolute Gasteiger partial charge is 0.251 e. The van der Waals surface area contributed by atoms with Gasteiger partial charge in [0.1, 0.15) is 5.82 Å². The van der Waals surface area contributed by atoms with Crippen molar-refractivity contribution < 1.29 is 14.0 Å². The molecule has 1 aromatic heterocycles. The Labute approximate surface area is 184 Å². The number of nitrogens with one attached hydrogen (secondary N) is 2. The van der Waals surface area contributed by atoms with Crippen LogP contribution < -0.4 is 10.6 Å². The van der Waals surface area contributed by atoms with Crippen LogP contribution in [0, 0.1) is 5.82 Å². The summed E-state index contributed by atoms with van der Waals surface area (Å²) in [5.74, 6) is -0.753. The topological polar surface area (TPSA) is 76.0 Å². The van der Waals surface area contributed by atoms with Crippen molar-refractivity contribution in [3.63, 3.8) is 0 Å². The number of hydrogen-bond donors (Lipinski definition) is 2. The van der Waals surface area contributed by atoms with Gasteiger partial charge in [-0.2, -0.15) is 5.10 Å². The molecular weight excluding hydrogens is 407 g/mol. The van der Waals surface area contributed by atoms with Gasteiger partial charge < -0.3 is 10.6 Å². The van der Waals surface area contributed by atoms with E-state index in [1.54, 1.807) is 41.1 Å². The summed E-state index contributed by atoms with van der Waals surface area (Å²) in [5.41, 5.74) is 4.18. The molecule has 7 heteroatoms. The van der Waals surface area contributed by atoms with Gasteiger partial charge >= 0.3 is 0 Å². The molecule has 0 atom stereocenters. The van der Waals surface area contributed by atoms with Gasteiger partial charge in [-0.05, 0) is 60.7 Å². The highest BCUT2D eigenvalue weighted by Gasteiger charge is 2.14. The first-order chi connectivity index (χ1) is 15.5. The first-order valence-electron chi connectivity index (χ1n) is 10.1. The number of carbonyl (C=O) groups is 2. The summed E-state index contributed by atoms with van der Waals surface area (Å²) in [6.07, 6.45) is 1.86. The molecule has 0 aliphatic carbocycles. The summed E-state index contributed by atoms with van der Waals surface area (Å²) in [5, 5.41) is 10.2. The summed E-state index contributed by atoms with van der Waals surface area (Å²) >= 11 is 0. The molecule has 2 N–H and O–H groups in total. The fraction of sp³-hybridized carbons (Fsp3) is 0.0800. The quantitative estimate of drug-likeness (QED) is 0.473. The van der Waals surface area contributed by atoms with E-state index in [1.165, 1.54) is 19.1 Å². The van der Waals surface area contributed by atoms with Crippen molar-refractivity contribution >= 4 is 17.5 Å². The normalized spacial score (nSPS) is 10.6. The van der Waals surface area contributed by atoms with Crippen LogP contribution in [0.1, 0.15) is 22.8 Å². The van der Waals surface area contributed by atoms with Gasteiger partial charge in [0.15, 0.2) is 0 Å². The van der Waals surface area contributed by atoms with Crippen LogP contribution >= 0.6 is 0 Å². The van der Waals surface area contributed by atoms with Crippen molar-refractivity contribution in [1.82, 2.24) is 15.1 Å². The zero-order valence-corrected chi connectivity index (χ0v) is 17.4. The Morgan fingerprint density at radius 2 is 1.62 bits per heavy atom. The number of aromatic nitrogens is 2. The molecule has 2 amide bonds. The van der Waals surface area contributed by atoms with E-state index < -0.39 is 0 Å². The van der Waals surface area contributed by atoms with Crippen LogP contribution in [0.4, 0.5) is 10.1 Å². The molecule has 0 spiro atoms. The average molecular weight is 428 g/mol. The predicted molar refractivity (Wildman–Crippen MR) is 121 cm³/mol. The zero-order valence-electron chi connectivity index (χ0n) is 17.4. The first-order valence-corrected chi connectivity index (χ1v) is 10.1. The van der Waals surface area contributed by atoms with Gasteiger partial charge in [0.05, 0.1) is 11.4 Å². The third kappa shape index (κ3) is 4.89. The molecule has 0 saturated heterocycles. The lowest BCUT2D eigenvalue weighted by atomic mass is 10.1. The van der Waals surface area contributed by atoms with Crippen LogP contribution in [-0.4, -0.2) is 21.6 Å². The summed E-state index contributed by atoms with van der Waals surface area (Å²) in [6.45, 7) is 1.67. The van der Waals surface area contributed by atoms with E-state index in [0.29, 0.717) is 16.9 Å². The molecule has 0 saturated carbocycles. The molecule has 0 unspecified atom stereocenters. The van der Waals surface area contributed by atoms with Crippen LogP contribution in [0.2, 0.25) is 0 Å². The Kier molecular flexibility index (Phi) is 6.07. The minimum Gasteiger partial charge on any atom is -0.348 e. The highest BCUT2D eigenvalue weighted by atomic mass is 19.1. The van der Waals surface area contributed by atoms with Crippen molar-refractivity contribution in [3.05, 3.63) is 102 Å². The molecule has 4 aromatic rings. The van der Waals surface area contributed by atoms with E-state index in [0.717, 1.165) is 16.8 Å². The Morgan fingerprint density at radius 1 is 0.938 bits per heavy atom. The Balaban J connectivity index is 1.56. The largest absolute Gasteiger partial charge is 0.348 e. The molecule has 32 heavy (non-hydrogen) atoms. The summed E-state index contributed by atoms with van der Waals surface area (Å²) in [7, 11) is 0. The van der Waals surface area contributed by atoms with E-state index in [1.807, 2.05) is 36.5 Å². The van der Waals surface area contributed by atoms with Crippen molar-refractivity contribution in [3.8, 4) is 16.9 Å². The van der Waals surface area contributed by atoms with E-state index in [2.05, 4.69) is 15.7 Å². The maximum absolute atomic E-state index is 13.4. The predicted octanol–water partition coefficient (Wildman–Crippen LogP) is 4.57. The SMILES string of the molecule is CC(=O)Nc1ccc(C(=O)NCc2cn(-c3ccccc3)nc2-c2ccc(F)cc2)cc1. The van der Waals surface area contributed by atoms with E-state index in [-0.39, 0.29) is 24.2 Å². The van der Waals surface area contributed by atoms with Crippen molar-refractivity contribution in [2.75, 3.05) is 5.32 Å². The minimum atomic E-state index is -0.325. The standard InChI is InChI=1S/C25H21FN4O2/c1-17(31)28-22-13-9-19(10-14-22)25(32)27-15-20-16-30(23-5-3-2-4-6-23)29-24(20)18-7-11-21(26)12-8-18/h2-14,16H,15H2,1H3,(H,27,32)(H,28,31). The van der Waals surface area contributed by atoms with Crippen molar-refractivity contribution in [2.24, 2.45) is 0 Å².